The smallest absolute Gasteiger partial charge is 0.269 e. The predicted octanol–water partition coefficient (Wildman–Crippen LogP) is 1.03. The molecule has 1 saturated heterocycles. The average Bonchev–Trinajstić information content (AvgIpc) is 2.87. The summed E-state index contributed by atoms with van der Waals surface area (Å²) in [5, 5.41) is 0.466. The standard InChI is InChI=1S/C23H26N6O5S/c1-3-29-22(32)19-9-4-5-10-20(19)24-23(29)26-25-21(31)17-7-6-8-18(15-17)35(33,34)28-13-11-27(12-14-28)16(2)30/h4-10,15H,3,11-14H2,1-2H3,(H,24,26)(H,25,31). The van der Waals surface area contributed by atoms with Crippen LogP contribution in [0.25, 0.3) is 10.9 Å². The van der Waals surface area contributed by atoms with E-state index in [9.17, 15) is 22.8 Å². The van der Waals surface area contributed by atoms with E-state index in [4.69, 9.17) is 0 Å². The number of hydrazine groups is 1. The second-order valence-corrected chi connectivity index (χ2v) is 9.96. The van der Waals surface area contributed by atoms with Gasteiger partial charge in [-0.3, -0.25) is 29.8 Å². The first-order valence-electron chi connectivity index (χ1n) is 11.1. The molecular weight excluding hydrogens is 472 g/mol. The lowest BCUT2D eigenvalue weighted by atomic mass is 10.2. The molecule has 3 aromatic rings. The van der Waals surface area contributed by atoms with Crippen LogP contribution in [0, 0.1) is 0 Å². The van der Waals surface area contributed by atoms with Crippen LogP contribution < -0.4 is 16.4 Å². The Morgan fingerprint density at radius 2 is 1.74 bits per heavy atom. The molecule has 1 aliphatic heterocycles. The molecule has 0 bridgehead atoms. The van der Waals surface area contributed by atoms with Crippen molar-refractivity contribution in [1.82, 2.24) is 24.2 Å². The Bertz CT molecular complexity index is 1440. The van der Waals surface area contributed by atoms with Gasteiger partial charge in [0.05, 0.1) is 15.8 Å². The van der Waals surface area contributed by atoms with Crippen molar-refractivity contribution in [2.45, 2.75) is 25.3 Å². The first kappa shape index (κ1) is 24.4. The minimum atomic E-state index is -3.84. The van der Waals surface area contributed by atoms with Crippen molar-refractivity contribution in [3.8, 4) is 0 Å². The van der Waals surface area contributed by atoms with E-state index in [-0.39, 0.29) is 41.0 Å². The molecule has 4 rings (SSSR count). The molecule has 1 fully saturated rings. The van der Waals surface area contributed by atoms with E-state index >= 15 is 0 Å². The van der Waals surface area contributed by atoms with E-state index in [1.54, 1.807) is 36.1 Å². The monoisotopic (exact) mass is 498 g/mol. The summed E-state index contributed by atoms with van der Waals surface area (Å²) in [6.45, 7) is 4.57. The highest BCUT2D eigenvalue weighted by Crippen LogP contribution is 2.19. The third-order valence-electron chi connectivity index (χ3n) is 5.88. The number of rotatable bonds is 6. The normalized spacial score (nSPS) is 14.6. The van der Waals surface area contributed by atoms with E-state index in [1.807, 2.05) is 0 Å². The predicted molar refractivity (Wildman–Crippen MR) is 130 cm³/mol. The van der Waals surface area contributed by atoms with E-state index in [0.717, 1.165) is 0 Å². The first-order chi connectivity index (χ1) is 16.7. The van der Waals surface area contributed by atoms with Gasteiger partial charge >= 0.3 is 0 Å². The van der Waals surface area contributed by atoms with E-state index in [1.165, 1.54) is 40.1 Å². The molecule has 2 N–H and O–H groups in total. The molecule has 2 amide bonds. The van der Waals surface area contributed by atoms with Crippen LogP contribution >= 0.6 is 0 Å². The number of fused-ring (bicyclic) bond motifs is 1. The van der Waals surface area contributed by atoms with Gasteiger partial charge in [0.2, 0.25) is 21.9 Å². The Balaban J connectivity index is 1.51. The van der Waals surface area contributed by atoms with Crippen LogP contribution in [0.1, 0.15) is 24.2 Å². The van der Waals surface area contributed by atoms with Crippen LogP contribution in [0.3, 0.4) is 0 Å². The topological polar surface area (TPSA) is 134 Å². The van der Waals surface area contributed by atoms with Crippen molar-refractivity contribution >= 4 is 38.7 Å². The quantitative estimate of drug-likeness (QED) is 0.485. The molecule has 184 valence electrons. The number of benzene rings is 2. The molecule has 35 heavy (non-hydrogen) atoms. The molecule has 2 aromatic carbocycles. The number of carbonyl (C=O) groups is 2. The Morgan fingerprint density at radius 3 is 2.43 bits per heavy atom. The summed E-state index contributed by atoms with van der Waals surface area (Å²) in [6, 6.07) is 12.6. The maximum atomic E-state index is 13.1. The molecule has 1 aliphatic rings. The fourth-order valence-electron chi connectivity index (χ4n) is 3.93. The zero-order valence-electron chi connectivity index (χ0n) is 19.4. The largest absolute Gasteiger partial charge is 0.340 e. The highest BCUT2D eigenvalue weighted by Gasteiger charge is 2.29. The van der Waals surface area contributed by atoms with Gasteiger partial charge in [-0.05, 0) is 37.3 Å². The second-order valence-electron chi connectivity index (χ2n) is 8.02. The summed E-state index contributed by atoms with van der Waals surface area (Å²) in [6.07, 6.45) is 0. The number of carbonyl (C=O) groups excluding carboxylic acids is 2. The van der Waals surface area contributed by atoms with Gasteiger partial charge in [-0.25, -0.2) is 13.4 Å². The zero-order chi connectivity index (χ0) is 25.2. The van der Waals surface area contributed by atoms with E-state index in [0.29, 0.717) is 30.5 Å². The number of nitrogens with zero attached hydrogens (tertiary/aromatic N) is 4. The van der Waals surface area contributed by atoms with Gasteiger partial charge in [0.1, 0.15) is 0 Å². The molecule has 0 saturated carbocycles. The van der Waals surface area contributed by atoms with E-state index in [2.05, 4.69) is 15.8 Å². The van der Waals surface area contributed by atoms with Crippen molar-refractivity contribution in [2.24, 2.45) is 0 Å². The van der Waals surface area contributed by atoms with Gasteiger partial charge in [0.25, 0.3) is 11.5 Å². The molecule has 12 heteroatoms. The van der Waals surface area contributed by atoms with Crippen LogP contribution in [0.15, 0.2) is 58.2 Å². The lowest BCUT2D eigenvalue weighted by molar-refractivity contribution is -0.129. The Morgan fingerprint density at radius 1 is 1.03 bits per heavy atom. The molecule has 0 radical (unpaired) electrons. The summed E-state index contributed by atoms with van der Waals surface area (Å²) in [5.41, 5.74) is 5.54. The van der Waals surface area contributed by atoms with Gasteiger partial charge in [-0.15, -0.1) is 0 Å². The SMILES string of the molecule is CCn1c(NNC(=O)c2cccc(S(=O)(=O)N3CCN(C(C)=O)CC3)c2)nc2ccccc2c1=O. The van der Waals surface area contributed by atoms with Gasteiger partial charge < -0.3 is 4.90 Å². The fraction of sp³-hybridized carbons (Fsp3) is 0.304. The molecule has 2 heterocycles. The zero-order valence-corrected chi connectivity index (χ0v) is 20.2. The summed E-state index contributed by atoms with van der Waals surface area (Å²) in [4.78, 5) is 43.0. The summed E-state index contributed by atoms with van der Waals surface area (Å²) in [5.74, 6) is -0.521. The van der Waals surface area contributed by atoms with Crippen LogP contribution in [-0.4, -0.2) is 65.2 Å². The van der Waals surface area contributed by atoms with Gasteiger partial charge in [-0.1, -0.05) is 18.2 Å². The number of para-hydroxylation sites is 1. The van der Waals surface area contributed by atoms with Gasteiger partial charge in [0, 0.05) is 45.2 Å². The number of aromatic nitrogens is 2. The Hall–Kier alpha value is -3.77. The Kier molecular flexibility index (Phi) is 6.85. The van der Waals surface area contributed by atoms with Crippen LogP contribution in [0.4, 0.5) is 5.95 Å². The third kappa shape index (κ3) is 4.88. The van der Waals surface area contributed by atoms with Gasteiger partial charge in [-0.2, -0.15) is 4.31 Å². The molecule has 0 atom stereocenters. The number of hydrogen-bond acceptors (Lipinski definition) is 7. The van der Waals surface area contributed by atoms with Crippen LogP contribution in [0.5, 0.6) is 0 Å². The third-order valence-corrected chi connectivity index (χ3v) is 7.78. The summed E-state index contributed by atoms with van der Waals surface area (Å²) < 4.78 is 28.9. The summed E-state index contributed by atoms with van der Waals surface area (Å²) in [7, 11) is -3.84. The lowest BCUT2D eigenvalue weighted by Gasteiger charge is -2.33. The number of hydrogen-bond donors (Lipinski definition) is 2. The molecular formula is C23H26N6O5S. The fourth-order valence-corrected chi connectivity index (χ4v) is 5.40. The highest BCUT2D eigenvalue weighted by atomic mass is 32.2. The molecule has 0 spiro atoms. The summed E-state index contributed by atoms with van der Waals surface area (Å²) >= 11 is 0. The highest BCUT2D eigenvalue weighted by molar-refractivity contribution is 7.89. The number of piperazine rings is 1. The molecule has 0 aliphatic carbocycles. The number of amides is 2. The second kappa shape index (κ2) is 9.84. The molecule has 0 unspecified atom stereocenters. The number of anilines is 1. The van der Waals surface area contributed by atoms with Crippen LogP contribution in [0.2, 0.25) is 0 Å². The maximum absolute atomic E-state index is 13.1. The lowest BCUT2D eigenvalue weighted by Crippen LogP contribution is -2.49. The van der Waals surface area contributed by atoms with Crippen LogP contribution in [-0.2, 0) is 21.4 Å². The minimum Gasteiger partial charge on any atom is -0.340 e. The van der Waals surface area contributed by atoms with Crippen molar-refractivity contribution in [3.05, 3.63) is 64.4 Å². The maximum Gasteiger partial charge on any atom is 0.269 e. The number of nitrogens with one attached hydrogen (secondary N) is 2. The number of sulfonamides is 1. The molecule has 1 aromatic heterocycles. The van der Waals surface area contributed by atoms with Crippen molar-refractivity contribution in [2.75, 3.05) is 31.6 Å². The first-order valence-corrected chi connectivity index (χ1v) is 12.6. The molecule has 11 nitrogen and oxygen atoms in total. The van der Waals surface area contributed by atoms with Crippen molar-refractivity contribution in [1.29, 1.82) is 0 Å². The van der Waals surface area contributed by atoms with Crippen molar-refractivity contribution in [3.63, 3.8) is 0 Å². The van der Waals surface area contributed by atoms with Gasteiger partial charge in [0.15, 0.2) is 0 Å². The van der Waals surface area contributed by atoms with Crippen molar-refractivity contribution < 1.29 is 18.0 Å². The Labute approximate surface area is 202 Å². The minimum absolute atomic E-state index is 0.0179. The van der Waals surface area contributed by atoms with E-state index < -0.39 is 15.9 Å². The average molecular weight is 499 g/mol.